The zero-order chi connectivity index (χ0) is 18.8. The monoisotopic (exact) mass is 369 g/mol. The number of fused-ring (bicyclic) bond motifs is 2. The van der Waals surface area contributed by atoms with Crippen LogP contribution in [0.3, 0.4) is 0 Å². The molecule has 1 aliphatic heterocycles. The Morgan fingerprint density at radius 2 is 1.57 bits per heavy atom. The molecule has 0 fully saturated rings. The van der Waals surface area contributed by atoms with Gasteiger partial charge in [-0.2, -0.15) is 0 Å². The highest BCUT2D eigenvalue weighted by Gasteiger charge is 2.15. The maximum absolute atomic E-state index is 3.41. The largest absolute Gasteiger partial charge is 0.361 e. The molecule has 0 bridgehead atoms. The molecule has 0 spiro atoms. The van der Waals surface area contributed by atoms with E-state index in [1.54, 1.807) is 0 Å². The van der Waals surface area contributed by atoms with Crippen molar-refractivity contribution in [3.63, 3.8) is 0 Å². The van der Waals surface area contributed by atoms with Gasteiger partial charge < -0.3 is 9.97 Å². The first-order chi connectivity index (χ1) is 13.9. The first kappa shape index (κ1) is 17.3. The standard InChI is InChI=1S/C25H27N3/c1-3-10-24-21(8-1)20(17-26-24)7-5-6-14-28-15-12-19(13-16-28)23-18-27-25-11-4-2-9-22(23)25/h1-4,8-12,17-18,26-27H,5-7,13-16H2. The van der Waals surface area contributed by atoms with E-state index in [-0.39, 0.29) is 0 Å². The van der Waals surface area contributed by atoms with E-state index < -0.39 is 0 Å². The number of aryl methyl sites for hydroxylation is 1. The number of nitrogens with zero attached hydrogens (tertiary/aromatic N) is 1. The molecular formula is C25H27N3. The molecule has 3 heterocycles. The van der Waals surface area contributed by atoms with Gasteiger partial charge in [-0.3, -0.25) is 4.90 Å². The molecule has 0 saturated carbocycles. The van der Waals surface area contributed by atoms with Gasteiger partial charge in [0.15, 0.2) is 0 Å². The Morgan fingerprint density at radius 3 is 2.39 bits per heavy atom. The fourth-order valence-corrected chi connectivity index (χ4v) is 4.49. The van der Waals surface area contributed by atoms with E-state index in [0.29, 0.717) is 0 Å². The number of benzene rings is 2. The van der Waals surface area contributed by atoms with E-state index in [9.17, 15) is 0 Å². The van der Waals surface area contributed by atoms with Crippen LogP contribution in [0.15, 0.2) is 67.0 Å². The highest BCUT2D eigenvalue weighted by atomic mass is 15.1. The predicted molar refractivity (Wildman–Crippen MR) is 119 cm³/mol. The number of para-hydroxylation sites is 2. The van der Waals surface area contributed by atoms with Gasteiger partial charge >= 0.3 is 0 Å². The van der Waals surface area contributed by atoms with Crippen molar-refractivity contribution in [3.8, 4) is 0 Å². The van der Waals surface area contributed by atoms with Crippen molar-refractivity contribution in [3.05, 3.63) is 78.1 Å². The van der Waals surface area contributed by atoms with Crippen molar-refractivity contribution in [2.24, 2.45) is 0 Å². The number of unbranched alkanes of at least 4 members (excludes halogenated alkanes) is 1. The summed E-state index contributed by atoms with van der Waals surface area (Å²) in [6, 6.07) is 17.2. The number of aromatic nitrogens is 2. The normalized spacial score (nSPS) is 15.4. The molecule has 142 valence electrons. The van der Waals surface area contributed by atoms with Crippen LogP contribution < -0.4 is 0 Å². The second-order valence-electron chi connectivity index (χ2n) is 7.84. The second kappa shape index (κ2) is 7.69. The van der Waals surface area contributed by atoms with Crippen LogP contribution in [0, 0.1) is 0 Å². The molecule has 0 amide bonds. The van der Waals surface area contributed by atoms with Crippen molar-refractivity contribution in [1.82, 2.24) is 14.9 Å². The Balaban J connectivity index is 1.14. The van der Waals surface area contributed by atoms with Crippen molar-refractivity contribution in [2.45, 2.75) is 25.7 Å². The van der Waals surface area contributed by atoms with E-state index in [0.717, 1.165) is 19.4 Å². The van der Waals surface area contributed by atoms with Gasteiger partial charge in [0, 0.05) is 52.9 Å². The molecule has 2 N–H and O–H groups in total. The van der Waals surface area contributed by atoms with Gasteiger partial charge in [0.2, 0.25) is 0 Å². The maximum Gasteiger partial charge on any atom is 0.0460 e. The molecule has 0 aliphatic carbocycles. The van der Waals surface area contributed by atoms with Crippen LogP contribution in [0.25, 0.3) is 27.4 Å². The zero-order valence-corrected chi connectivity index (χ0v) is 16.2. The van der Waals surface area contributed by atoms with Gasteiger partial charge in [-0.1, -0.05) is 42.5 Å². The topological polar surface area (TPSA) is 34.8 Å². The predicted octanol–water partition coefficient (Wildman–Crippen LogP) is 5.76. The summed E-state index contributed by atoms with van der Waals surface area (Å²) in [5, 5.41) is 2.73. The molecule has 3 heteroatoms. The summed E-state index contributed by atoms with van der Waals surface area (Å²) < 4.78 is 0. The van der Waals surface area contributed by atoms with E-state index >= 15 is 0 Å². The molecule has 4 aromatic rings. The minimum absolute atomic E-state index is 1.07. The first-order valence-corrected chi connectivity index (χ1v) is 10.4. The van der Waals surface area contributed by atoms with Crippen LogP contribution >= 0.6 is 0 Å². The molecule has 0 saturated heterocycles. The maximum atomic E-state index is 3.41. The summed E-state index contributed by atoms with van der Waals surface area (Å²) in [6.45, 7) is 3.43. The molecule has 1 aliphatic rings. The number of aromatic amines is 2. The summed E-state index contributed by atoms with van der Waals surface area (Å²) in [5.74, 6) is 0. The molecule has 0 unspecified atom stereocenters. The van der Waals surface area contributed by atoms with Crippen LogP contribution in [0.1, 0.15) is 30.4 Å². The molecule has 5 rings (SSSR count). The Hall–Kier alpha value is -2.78. The average Bonchev–Trinajstić information content (AvgIpc) is 3.36. The van der Waals surface area contributed by atoms with Gasteiger partial charge in [-0.25, -0.2) is 0 Å². The molecule has 3 nitrogen and oxygen atoms in total. The Kier molecular flexibility index (Phi) is 4.76. The number of hydrogen-bond acceptors (Lipinski definition) is 1. The van der Waals surface area contributed by atoms with Gasteiger partial charge in [0.1, 0.15) is 0 Å². The van der Waals surface area contributed by atoms with Gasteiger partial charge in [-0.15, -0.1) is 0 Å². The fourth-order valence-electron chi connectivity index (χ4n) is 4.49. The highest BCUT2D eigenvalue weighted by molar-refractivity contribution is 5.92. The molecule has 0 atom stereocenters. The first-order valence-electron chi connectivity index (χ1n) is 10.4. The lowest BCUT2D eigenvalue weighted by Crippen LogP contribution is -2.29. The van der Waals surface area contributed by atoms with Crippen LogP contribution in [-0.2, 0) is 6.42 Å². The number of H-pyrrole nitrogens is 2. The lowest BCUT2D eigenvalue weighted by molar-refractivity contribution is 0.295. The number of hydrogen-bond donors (Lipinski definition) is 2. The van der Waals surface area contributed by atoms with E-state index in [2.05, 4.69) is 81.9 Å². The van der Waals surface area contributed by atoms with Gasteiger partial charge in [-0.05, 0) is 55.5 Å². The van der Waals surface area contributed by atoms with Crippen molar-refractivity contribution < 1.29 is 0 Å². The third kappa shape index (κ3) is 3.38. The second-order valence-corrected chi connectivity index (χ2v) is 7.84. The molecule has 28 heavy (non-hydrogen) atoms. The Morgan fingerprint density at radius 1 is 0.821 bits per heavy atom. The minimum Gasteiger partial charge on any atom is -0.361 e. The lowest BCUT2D eigenvalue weighted by Gasteiger charge is -2.26. The van der Waals surface area contributed by atoms with Gasteiger partial charge in [0.25, 0.3) is 0 Å². The van der Waals surface area contributed by atoms with Gasteiger partial charge in [0.05, 0.1) is 0 Å². The van der Waals surface area contributed by atoms with Crippen molar-refractivity contribution >= 4 is 27.4 Å². The molecule has 2 aromatic heterocycles. The van der Waals surface area contributed by atoms with Crippen molar-refractivity contribution in [2.75, 3.05) is 19.6 Å². The average molecular weight is 370 g/mol. The number of nitrogens with one attached hydrogen (secondary N) is 2. The summed E-state index contributed by atoms with van der Waals surface area (Å²) in [6.07, 6.45) is 11.6. The van der Waals surface area contributed by atoms with E-state index in [1.165, 1.54) is 64.4 Å². The quantitative estimate of drug-likeness (QED) is 0.416. The summed E-state index contributed by atoms with van der Waals surface area (Å²) in [4.78, 5) is 9.39. The van der Waals surface area contributed by atoms with Crippen LogP contribution in [0.2, 0.25) is 0 Å². The third-order valence-electron chi connectivity index (χ3n) is 6.07. The fraction of sp³-hybridized carbons (Fsp3) is 0.280. The Bertz CT molecular complexity index is 1110. The highest BCUT2D eigenvalue weighted by Crippen LogP contribution is 2.29. The lowest BCUT2D eigenvalue weighted by atomic mass is 9.98. The number of rotatable bonds is 6. The van der Waals surface area contributed by atoms with E-state index in [1.807, 2.05) is 0 Å². The SMILES string of the molecule is C1=C(c2c[nH]c3ccccc23)CCN(CCCCc2c[nH]c3ccccc23)C1. The van der Waals surface area contributed by atoms with Crippen LogP contribution in [0.4, 0.5) is 0 Å². The summed E-state index contributed by atoms with van der Waals surface area (Å²) in [7, 11) is 0. The summed E-state index contributed by atoms with van der Waals surface area (Å²) >= 11 is 0. The minimum atomic E-state index is 1.07. The zero-order valence-electron chi connectivity index (χ0n) is 16.2. The summed E-state index contributed by atoms with van der Waals surface area (Å²) in [5.41, 5.74) is 6.82. The molecule has 2 aromatic carbocycles. The smallest absolute Gasteiger partial charge is 0.0460 e. The van der Waals surface area contributed by atoms with Crippen molar-refractivity contribution in [1.29, 1.82) is 0 Å². The van der Waals surface area contributed by atoms with E-state index in [4.69, 9.17) is 0 Å². The van der Waals surface area contributed by atoms with Crippen LogP contribution in [0.5, 0.6) is 0 Å². The third-order valence-corrected chi connectivity index (χ3v) is 6.07. The molecular weight excluding hydrogens is 342 g/mol. The molecule has 0 radical (unpaired) electrons. The Labute approximate surface area is 166 Å². The van der Waals surface area contributed by atoms with Crippen LogP contribution in [-0.4, -0.2) is 34.5 Å².